The van der Waals surface area contributed by atoms with Crippen LogP contribution in [0.1, 0.15) is 48.8 Å². The van der Waals surface area contributed by atoms with Gasteiger partial charge >= 0.3 is 5.97 Å². The van der Waals surface area contributed by atoms with Crippen molar-refractivity contribution < 1.29 is 14.3 Å². The van der Waals surface area contributed by atoms with Gasteiger partial charge in [0.25, 0.3) is 0 Å². The molecule has 1 atom stereocenters. The molecule has 2 aliphatic rings. The van der Waals surface area contributed by atoms with Crippen molar-refractivity contribution in [2.45, 2.75) is 38.6 Å². The summed E-state index contributed by atoms with van der Waals surface area (Å²) in [6.07, 6.45) is 2.38. The first-order chi connectivity index (χ1) is 14.9. The molecule has 0 amide bonds. The fourth-order valence-electron chi connectivity index (χ4n) is 4.86. The average Bonchev–Trinajstić information content (AvgIpc) is 3.37. The van der Waals surface area contributed by atoms with Gasteiger partial charge in [-0.25, -0.2) is 18.9 Å². The van der Waals surface area contributed by atoms with Crippen LogP contribution in [0.5, 0.6) is 0 Å². The number of fused-ring (bicyclic) bond motifs is 2. The van der Waals surface area contributed by atoms with Crippen LogP contribution >= 0.6 is 0 Å². The zero-order valence-electron chi connectivity index (χ0n) is 17.8. The Morgan fingerprint density at radius 2 is 1.97 bits per heavy atom. The molecule has 2 fully saturated rings. The first kappa shape index (κ1) is 19.9. The lowest BCUT2D eigenvalue weighted by Gasteiger charge is -2.39. The SMILES string of the molecule is CC(C)c1nn(-c2ccc(F)cc2)c2nc(C(=O)O)cc(N3CCN4CCC[C@@H]4C3)c12. The van der Waals surface area contributed by atoms with Gasteiger partial charge in [-0.2, -0.15) is 5.10 Å². The van der Waals surface area contributed by atoms with E-state index in [1.165, 1.54) is 25.0 Å². The summed E-state index contributed by atoms with van der Waals surface area (Å²) in [7, 11) is 0. The number of aromatic nitrogens is 3. The summed E-state index contributed by atoms with van der Waals surface area (Å²) in [4.78, 5) is 21.2. The molecule has 0 unspecified atom stereocenters. The molecule has 0 bridgehead atoms. The van der Waals surface area contributed by atoms with Gasteiger partial charge in [-0.3, -0.25) is 4.90 Å². The molecule has 31 heavy (non-hydrogen) atoms. The van der Waals surface area contributed by atoms with E-state index in [1.54, 1.807) is 22.9 Å². The van der Waals surface area contributed by atoms with E-state index in [4.69, 9.17) is 5.10 Å². The lowest BCUT2D eigenvalue weighted by atomic mass is 10.0. The van der Waals surface area contributed by atoms with Crippen LogP contribution in [0.4, 0.5) is 10.1 Å². The summed E-state index contributed by atoms with van der Waals surface area (Å²) in [5.41, 5.74) is 2.90. The molecule has 5 rings (SSSR count). The summed E-state index contributed by atoms with van der Waals surface area (Å²) in [6.45, 7) is 7.97. The van der Waals surface area contributed by atoms with Crippen molar-refractivity contribution in [1.82, 2.24) is 19.7 Å². The summed E-state index contributed by atoms with van der Waals surface area (Å²) in [5, 5.41) is 15.5. The minimum atomic E-state index is -1.07. The van der Waals surface area contributed by atoms with Crippen molar-refractivity contribution in [2.24, 2.45) is 0 Å². The van der Waals surface area contributed by atoms with E-state index in [1.807, 2.05) is 0 Å². The molecule has 1 N–H and O–H groups in total. The molecule has 162 valence electrons. The van der Waals surface area contributed by atoms with Crippen molar-refractivity contribution in [1.29, 1.82) is 0 Å². The quantitative estimate of drug-likeness (QED) is 0.690. The maximum absolute atomic E-state index is 13.5. The highest BCUT2D eigenvalue weighted by molar-refractivity contribution is 5.98. The van der Waals surface area contributed by atoms with Crippen molar-refractivity contribution >= 4 is 22.7 Å². The van der Waals surface area contributed by atoms with E-state index < -0.39 is 5.97 Å². The van der Waals surface area contributed by atoms with Gasteiger partial charge in [0.05, 0.1) is 22.5 Å². The standard InChI is InChI=1S/C23H26FN5O2/c1-14(2)21-20-19(28-11-10-27-9-3-4-17(27)13-28)12-18(23(30)31)25-22(20)29(26-21)16-7-5-15(24)6-8-16/h5-8,12,14,17H,3-4,9-11,13H2,1-2H3,(H,30,31)/t17-/m1/s1. The molecule has 0 saturated carbocycles. The normalized spacial score (nSPS) is 19.4. The number of hydrogen-bond donors (Lipinski definition) is 1. The summed E-state index contributed by atoms with van der Waals surface area (Å²) in [5.74, 6) is -1.28. The molecule has 3 aromatic rings. The largest absolute Gasteiger partial charge is 0.477 e. The number of carboxylic acids is 1. The number of nitrogens with zero attached hydrogens (tertiary/aromatic N) is 5. The highest BCUT2D eigenvalue weighted by Gasteiger charge is 2.33. The minimum Gasteiger partial charge on any atom is -0.477 e. The van der Waals surface area contributed by atoms with Gasteiger partial charge in [0, 0.05) is 25.7 Å². The number of carboxylic acid groups (broad SMARTS) is 1. The first-order valence-electron chi connectivity index (χ1n) is 10.8. The smallest absolute Gasteiger partial charge is 0.354 e. The van der Waals surface area contributed by atoms with Gasteiger partial charge < -0.3 is 10.0 Å². The fraction of sp³-hybridized carbons (Fsp3) is 0.435. The molecule has 8 heteroatoms. The van der Waals surface area contributed by atoms with Crippen LogP contribution in [0.15, 0.2) is 30.3 Å². The fourth-order valence-corrected chi connectivity index (χ4v) is 4.86. The Morgan fingerprint density at radius 1 is 1.19 bits per heavy atom. The molecule has 0 spiro atoms. The molecule has 1 aromatic carbocycles. The molecule has 7 nitrogen and oxygen atoms in total. The maximum Gasteiger partial charge on any atom is 0.354 e. The lowest BCUT2D eigenvalue weighted by molar-refractivity contribution is 0.0691. The lowest BCUT2D eigenvalue weighted by Crippen LogP contribution is -2.50. The minimum absolute atomic E-state index is 0.00470. The highest BCUT2D eigenvalue weighted by Crippen LogP contribution is 2.36. The van der Waals surface area contributed by atoms with Crippen LogP contribution in [0.25, 0.3) is 16.7 Å². The molecular weight excluding hydrogens is 397 g/mol. The third-order valence-electron chi connectivity index (χ3n) is 6.41. The van der Waals surface area contributed by atoms with Crippen LogP contribution in [0.2, 0.25) is 0 Å². The van der Waals surface area contributed by atoms with Gasteiger partial charge in [-0.05, 0) is 55.6 Å². The number of rotatable bonds is 4. The van der Waals surface area contributed by atoms with Crippen molar-refractivity contribution in [3.8, 4) is 5.69 Å². The second kappa shape index (κ2) is 7.60. The molecule has 0 radical (unpaired) electrons. The van der Waals surface area contributed by atoms with Crippen molar-refractivity contribution in [2.75, 3.05) is 31.1 Å². The van der Waals surface area contributed by atoms with Crippen LogP contribution in [-0.2, 0) is 0 Å². The highest BCUT2D eigenvalue weighted by atomic mass is 19.1. The third-order valence-corrected chi connectivity index (χ3v) is 6.41. The molecule has 2 aliphatic heterocycles. The van der Waals surface area contributed by atoms with Gasteiger partial charge in [-0.15, -0.1) is 0 Å². The molecule has 4 heterocycles. The summed E-state index contributed by atoms with van der Waals surface area (Å²) < 4.78 is 15.1. The van der Waals surface area contributed by atoms with E-state index in [2.05, 4.69) is 28.6 Å². The predicted octanol–water partition coefficient (Wildman–Crippen LogP) is 3.67. The Morgan fingerprint density at radius 3 is 2.68 bits per heavy atom. The van der Waals surface area contributed by atoms with E-state index in [0.717, 1.165) is 42.9 Å². The number of halogens is 1. The third kappa shape index (κ3) is 3.44. The Labute approximate surface area is 180 Å². The molecule has 0 aliphatic carbocycles. The molecule has 2 saturated heterocycles. The van der Waals surface area contributed by atoms with Crippen molar-refractivity contribution in [3.63, 3.8) is 0 Å². The van der Waals surface area contributed by atoms with Gasteiger partial charge in [0.2, 0.25) is 0 Å². The van der Waals surface area contributed by atoms with Gasteiger partial charge in [0.1, 0.15) is 5.82 Å². The van der Waals surface area contributed by atoms with E-state index in [-0.39, 0.29) is 17.4 Å². The Kier molecular flexibility index (Phi) is 4.89. The second-order valence-corrected chi connectivity index (χ2v) is 8.74. The number of anilines is 1. The second-order valence-electron chi connectivity index (χ2n) is 8.74. The average molecular weight is 423 g/mol. The summed E-state index contributed by atoms with van der Waals surface area (Å²) in [6, 6.07) is 8.21. The van der Waals surface area contributed by atoms with Crippen molar-refractivity contribution in [3.05, 3.63) is 47.5 Å². The van der Waals surface area contributed by atoms with Gasteiger partial charge in [0.15, 0.2) is 11.3 Å². The van der Waals surface area contributed by atoms with E-state index >= 15 is 0 Å². The topological polar surface area (TPSA) is 74.5 Å². The monoisotopic (exact) mass is 423 g/mol. The number of pyridine rings is 1. The predicted molar refractivity (Wildman–Crippen MR) is 117 cm³/mol. The van der Waals surface area contributed by atoms with Gasteiger partial charge in [-0.1, -0.05) is 13.8 Å². The van der Waals surface area contributed by atoms with Crippen LogP contribution in [0, 0.1) is 5.82 Å². The number of benzene rings is 1. The Balaban J connectivity index is 1.72. The number of hydrogen-bond acceptors (Lipinski definition) is 5. The molecule has 2 aromatic heterocycles. The first-order valence-corrected chi connectivity index (χ1v) is 10.8. The zero-order chi connectivity index (χ0) is 21.7. The maximum atomic E-state index is 13.5. The van der Waals surface area contributed by atoms with Crippen LogP contribution in [-0.4, -0.2) is 63.0 Å². The van der Waals surface area contributed by atoms with E-state index in [9.17, 15) is 14.3 Å². The van der Waals surface area contributed by atoms with Crippen LogP contribution < -0.4 is 4.90 Å². The Hall–Kier alpha value is -3.00. The van der Waals surface area contributed by atoms with E-state index in [0.29, 0.717) is 17.4 Å². The summed E-state index contributed by atoms with van der Waals surface area (Å²) >= 11 is 0. The Bertz CT molecular complexity index is 1140. The number of piperazine rings is 1. The number of aromatic carboxylic acids is 1. The number of carbonyl (C=O) groups is 1. The molecular formula is C23H26FN5O2. The zero-order valence-corrected chi connectivity index (χ0v) is 17.8. The van der Waals surface area contributed by atoms with Crippen LogP contribution in [0.3, 0.4) is 0 Å².